The highest BCUT2D eigenvalue weighted by atomic mass is 79.9. The molecule has 0 aliphatic carbocycles. The lowest BCUT2D eigenvalue weighted by Crippen LogP contribution is -2.37. The number of benzene rings is 1. The van der Waals surface area contributed by atoms with Gasteiger partial charge < -0.3 is 10.6 Å². The molecular formula is C15H17BrFN3S. The molecule has 112 valence electrons. The average molecular weight is 370 g/mol. The van der Waals surface area contributed by atoms with Crippen LogP contribution in [0, 0.1) is 5.82 Å². The van der Waals surface area contributed by atoms with E-state index in [2.05, 4.69) is 37.6 Å². The smallest absolute Gasteiger partial charge is 0.191 e. The molecule has 2 aromatic rings. The summed E-state index contributed by atoms with van der Waals surface area (Å²) in [6.07, 6.45) is 0.927. The molecule has 0 unspecified atom stereocenters. The van der Waals surface area contributed by atoms with Gasteiger partial charge in [0.05, 0.1) is 3.79 Å². The molecule has 0 saturated carbocycles. The van der Waals surface area contributed by atoms with Gasteiger partial charge in [0.15, 0.2) is 5.96 Å². The lowest BCUT2D eigenvalue weighted by atomic mass is 10.2. The first-order valence-electron chi connectivity index (χ1n) is 6.61. The van der Waals surface area contributed by atoms with Crippen LogP contribution in [0.15, 0.2) is 45.2 Å². The molecule has 1 aromatic carbocycles. The summed E-state index contributed by atoms with van der Waals surface area (Å²) in [5.41, 5.74) is 0.627. The molecule has 2 N–H and O–H groups in total. The lowest BCUT2D eigenvalue weighted by molar-refractivity contribution is 0.604. The van der Waals surface area contributed by atoms with E-state index in [-0.39, 0.29) is 5.82 Å². The van der Waals surface area contributed by atoms with Crippen LogP contribution in [0.1, 0.15) is 10.4 Å². The number of thiophene rings is 1. The molecule has 3 nitrogen and oxygen atoms in total. The molecule has 6 heteroatoms. The van der Waals surface area contributed by atoms with Gasteiger partial charge in [0.25, 0.3) is 0 Å². The van der Waals surface area contributed by atoms with Crippen molar-refractivity contribution < 1.29 is 4.39 Å². The third-order valence-electron chi connectivity index (χ3n) is 2.92. The summed E-state index contributed by atoms with van der Waals surface area (Å²) in [5.74, 6) is 0.470. The quantitative estimate of drug-likeness (QED) is 0.624. The van der Waals surface area contributed by atoms with Gasteiger partial charge in [-0.15, -0.1) is 11.3 Å². The van der Waals surface area contributed by atoms with Crippen molar-refractivity contribution in [3.8, 4) is 0 Å². The topological polar surface area (TPSA) is 36.4 Å². The van der Waals surface area contributed by atoms with Crippen molar-refractivity contribution >= 4 is 33.2 Å². The molecule has 0 saturated heterocycles. The predicted octanol–water partition coefficient (Wildman–Crippen LogP) is 3.56. The van der Waals surface area contributed by atoms with Gasteiger partial charge in [-0.25, -0.2) is 4.39 Å². The van der Waals surface area contributed by atoms with Crippen LogP contribution in [-0.2, 0) is 13.0 Å². The number of nitrogens with one attached hydrogen (secondary N) is 2. The monoisotopic (exact) mass is 369 g/mol. The van der Waals surface area contributed by atoms with E-state index in [1.54, 1.807) is 30.5 Å². The standard InChI is InChI=1S/C15H17BrFN3S/c1-18-15(19-9-8-12-6-7-14(16)21-12)20-10-11-4-2-3-5-13(11)17/h2-7H,8-10H2,1H3,(H2,18,19,20). The van der Waals surface area contributed by atoms with Crippen molar-refractivity contribution in [1.82, 2.24) is 10.6 Å². The minimum absolute atomic E-state index is 0.205. The molecular weight excluding hydrogens is 353 g/mol. The fourth-order valence-corrected chi connectivity index (χ4v) is 3.31. The van der Waals surface area contributed by atoms with Gasteiger partial charge in [0.1, 0.15) is 5.82 Å². The molecule has 1 aromatic heterocycles. The van der Waals surface area contributed by atoms with Crippen LogP contribution in [0.3, 0.4) is 0 Å². The van der Waals surface area contributed by atoms with Gasteiger partial charge in [0, 0.05) is 30.6 Å². The number of halogens is 2. The minimum Gasteiger partial charge on any atom is -0.356 e. The van der Waals surface area contributed by atoms with Crippen molar-refractivity contribution in [1.29, 1.82) is 0 Å². The number of hydrogen-bond acceptors (Lipinski definition) is 2. The van der Waals surface area contributed by atoms with Gasteiger partial charge >= 0.3 is 0 Å². The van der Waals surface area contributed by atoms with Crippen molar-refractivity contribution in [2.75, 3.05) is 13.6 Å². The summed E-state index contributed by atoms with van der Waals surface area (Å²) in [5, 5.41) is 6.34. The number of guanidine groups is 1. The Morgan fingerprint density at radius 2 is 2.05 bits per heavy atom. The van der Waals surface area contributed by atoms with Crippen LogP contribution in [-0.4, -0.2) is 19.6 Å². The van der Waals surface area contributed by atoms with E-state index in [0.29, 0.717) is 18.1 Å². The van der Waals surface area contributed by atoms with Gasteiger partial charge in [-0.1, -0.05) is 18.2 Å². The Balaban J connectivity index is 1.77. The van der Waals surface area contributed by atoms with E-state index in [0.717, 1.165) is 16.8 Å². The van der Waals surface area contributed by atoms with Crippen LogP contribution in [0.5, 0.6) is 0 Å². The predicted molar refractivity (Wildman–Crippen MR) is 90.3 cm³/mol. The van der Waals surface area contributed by atoms with Crippen LogP contribution in [0.2, 0.25) is 0 Å². The molecule has 0 bridgehead atoms. The molecule has 0 fully saturated rings. The zero-order valence-corrected chi connectivity index (χ0v) is 14.1. The molecule has 0 radical (unpaired) electrons. The van der Waals surface area contributed by atoms with Crippen LogP contribution >= 0.6 is 27.3 Å². The van der Waals surface area contributed by atoms with Crippen LogP contribution in [0.25, 0.3) is 0 Å². The summed E-state index contributed by atoms with van der Waals surface area (Å²) < 4.78 is 14.7. The molecule has 2 rings (SSSR count). The molecule has 1 heterocycles. The largest absolute Gasteiger partial charge is 0.356 e. The summed E-state index contributed by atoms with van der Waals surface area (Å²) in [6, 6.07) is 10.9. The number of nitrogens with zero attached hydrogens (tertiary/aromatic N) is 1. The fourth-order valence-electron chi connectivity index (χ4n) is 1.83. The maximum atomic E-state index is 13.5. The van der Waals surface area contributed by atoms with Gasteiger partial charge in [-0.05, 0) is 40.5 Å². The van der Waals surface area contributed by atoms with E-state index in [1.807, 2.05) is 12.1 Å². The average Bonchev–Trinajstić information content (AvgIpc) is 2.90. The Kier molecular flexibility index (Phi) is 6.20. The first-order valence-corrected chi connectivity index (χ1v) is 8.22. The van der Waals surface area contributed by atoms with E-state index < -0.39 is 0 Å². The molecule has 0 atom stereocenters. The summed E-state index contributed by atoms with van der Waals surface area (Å²) in [7, 11) is 1.71. The molecule has 0 aliphatic rings. The SMILES string of the molecule is CN=C(NCCc1ccc(Br)s1)NCc1ccccc1F. The van der Waals surface area contributed by atoms with E-state index in [9.17, 15) is 4.39 Å². The minimum atomic E-state index is -0.205. The summed E-state index contributed by atoms with van der Waals surface area (Å²) >= 11 is 5.18. The highest BCUT2D eigenvalue weighted by Gasteiger charge is 2.03. The lowest BCUT2D eigenvalue weighted by Gasteiger charge is -2.11. The van der Waals surface area contributed by atoms with E-state index in [4.69, 9.17) is 0 Å². The Morgan fingerprint density at radius 1 is 1.24 bits per heavy atom. The maximum absolute atomic E-state index is 13.5. The Labute approximate surface area is 136 Å². The maximum Gasteiger partial charge on any atom is 0.191 e. The second-order valence-corrected chi connectivity index (χ2v) is 6.95. The molecule has 21 heavy (non-hydrogen) atoms. The van der Waals surface area contributed by atoms with Crippen molar-refractivity contribution in [3.63, 3.8) is 0 Å². The van der Waals surface area contributed by atoms with Gasteiger partial charge in [0.2, 0.25) is 0 Å². The zero-order valence-electron chi connectivity index (χ0n) is 11.7. The summed E-state index contributed by atoms with van der Waals surface area (Å²) in [6.45, 7) is 1.20. The third-order valence-corrected chi connectivity index (χ3v) is 4.60. The Hall–Kier alpha value is -1.40. The summed E-state index contributed by atoms with van der Waals surface area (Å²) in [4.78, 5) is 5.44. The van der Waals surface area contributed by atoms with Gasteiger partial charge in [-0.3, -0.25) is 4.99 Å². The zero-order chi connectivity index (χ0) is 15.1. The first kappa shape index (κ1) is 16.0. The van der Waals surface area contributed by atoms with E-state index in [1.165, 1.54) is 10.9 Å². The fraction of sp³-hybridized carbons (Fsp3) is 0.267. The number of aliphatic imine (C=N–C) groups is 1. The third kappa shape index (κ3) is 5.13. The molecule has 0 amide bonds. The van der Waals surface area contributed by atoms with Crippen LogP contribution in [0.4, 0.5) is 4.39 Å². The van der Waals surface area contributed by atoms with Crippen LogP contribution < -0.4 is 10.6 Å². The van der Waals surface area contributed by atoms with Crippen molar-refractivity contribution in [2.45, 2.75) is 13.0 Å². The highest BCUT2D eigenvalue weighted by Crippen LogP contribution is 2.21. The Morgan fingerprint density at radius 3 is 2.71 bits per heavy atom. The second-order valence-electron chi connectivity index (χ2n) is 4.40. The van der Waals surface area contributed by atoms with E-state index >= 15 is 0 Å². The number of rotatable bonds is 5. The number of hydrogen-bond donors (Lipinski definition) is 2. The van der Waals surface area contributed by atoms with Crippen molar-refractivity contribution in [2.24, 2.45) is 4.99 Å². The first-order chi connectivity index (χ1) is 10.2. The highest BCUT2D eigenvalue weighted by molar-refractivity contribution is 9.11. The normalized spacial score (nSPS) is 11.5. The van der Waals surface area contributed by atoms with Crippen molar-refractivity contribution in [3.05, 3.63) is 56.4 Å². The molecule has 0 spiro atoms. The molecule has 0 aliphatic heterocycles. The van der Waals surface area contributed by atoms with Gasteiger partial charge in [-0.2, -0.15) is 0 Å². The second kappa shape index (κ2) is 8.14. The Bertz CT molecular complexity index is 612.